The fourth-order valence-corrected chi connectivity index (χ4v) is 2.83. The van der Waals surface area contributed by atoms with E-state index in [4.69, 9.17) is 5.11 Å². The molecule has 2 fully saturated rings. The summed E-state index contributed by atoms with van der Waals surface area (Å²) in [6.45, 7) is 0.423. The molecular weight excluding hydrogens is 277 g/mol. The topological polar surface area (TPSA) is 60.9 Å². The zero-order valence-corrected chi connectivity index (χ0v) is 10.9. The first-order valence-corrected chi connectivity index (χ1v) is 6.65. The average molecular weight is 294 g/mol. The molecule has 1 N–H and O–H groups in total. The predicted molar refractivity (Wildman–Crippen MR) is 63.1 cm³/mol. The number of rotatable bonds is 1. The van der Waals surface area contributed by atoms with Gasteiger partial charge < -0.3 is 14.9 Å². The fraction of sp³-hybridized carbons (Fsp3) is 0.833. The molecule has 2 aliphatic heterocycles. The lowest BCUT2D eigenvalue weighted by molar-refractivity contribution is -0.183. The molecule has 2 amide bonds. The Labute approximate surface area is 114 Å². The van der Waals surface area contributed by atoms with Crippen molar-refractivity contribution in [2.75, 3.05) is 19.6 Å². The summed E-state index contributed by atoms with van der Waals surface area (Å²) < 4.78 is 37.6. The number of amides is 2. The summed E-state index contributed by atoms with van der Waals surface area (Å²) in [7, 11) is 0. The Hall–Kier alpha value is -1.47. The minimum absolute atomic E-state index is 0.0336. The van der Waals surface area contributed by atoms with E-state index in [0.717, 1.165) is 0 Å². The van der Waals surface area contributed by atoms with Crippen LogP contribution in [0.1, 0.15) is 25.7 Å². The van der Waals surface area contributed by atoms with Gasteiger partial charge in [0.15, 0.2) is 0 Å². The minimum Gasteiger partial charge on any atom is -0.480 e. The van der Waals surface area contributed by atoms with Crippen molar-refractivity contribution in [3.8, 4) is 0 Å². The summed E-state index contributed by atoms with van der Waals surface area (Å²) in [5, 5.41) is 9.02. The van der Waals surface area contributed by atoms with Crippen LogP contribution in [-0.2, 0) is 4.79 Å². The maximum Gasteiger partial charge on any atom is 0.391 e. The van der Waals surface area contributed by atoms with Crippen molar-refractivity contribution in [3.63, 3.8) is 0 Å². The highest BCUT2D eigenvalue weighted by molar-refractivity contribution is 5.83. The number of likely N-dealkylation sites (tertiary alicyclic amines) is 2. The Balaban J connectivity index is 1.93. The molecule has 114 valence electrons. The number of aliphatic carboxylic acids is 1. The number of carboxylic acids is 1. The number of halogens is 3. The summed E-state index contributed by atoms with van der Waals surface area (Å²) in [6.07, 6.45) is -3.42. The molecule has 0 aliphatic carbocycles. The molecule has 8 heteroatoms. The zero-order valence-electron chi connectivity index (χ0n) is 10.9. The molecule has 0 saturated carbocycles. The van der Waals surface area contributed by atoms with Crippen molar-refractivity contribution < 1.29 is 27.9 Å². The van der Waals surface area contributed by atoms with E-state index < -0.39 is 30.1 Å². The van der Waals surface area contributed by atoms with E-state index in [9.17, 15) is 22.8 Å². The van der Waals surface area contributed by atoms with Gasteiger partial charge in [0.05, 0.1) is 5.92 Å². The van der Waals surface area contributed by atoms with Crippen molar-refractivity contribution in [1.82, 2.24) is 9.80 Å². The third-order valence-corrected chi connectivity index (χ3v) is 4.01. The maximum absolute atomic E-state index is 12.5. The Morgan fingerprint density at radius 3 is 2.15 bits per heavy atom. The quantitative estimate of drug-likeness (QED) is 0.804. The highest BCUT2D eigenvalue weighted by atomic mass is 19.4. The Morgan fingerprint density at radius 1 is 1.05 bits per heavy atom. The molecule has 20 heavy (non-hydrogen) atoms. The van der Waals surface area contributed by atoms with Crippen LogP contribution in [0.2, 0.25) is 0 Å². The first-order chi connectivity index (χ1) is 9.30. The second-order valence-corrected chi connectivity index (χ2v) is 5.28. The molecule has 0 aromatic carbocycles. The number of urea groups is 1. The van der Waals surface area contributed by atoms with Gasteiger partial charge in [-0.25, -0.2) is 9.59 Å². The Bertz CT molecular complexity index is 392. The molecule has 1 atom stereocenters. The number of carboxylic acid groups (broad SMARTS) is 1. The van der Waals surface area contributed by atoms with Crippen molar-refractivity contribution >= 4 is 12.0 Å². The van der Waals surface area contributed by atoms with Crippen LogP contribution in [0.4, 0.5) is 18.0 Å². The SMILES string of the molecule is O=C(O)[C@H]1CCCN1C(=O)N1CCC(C(F)(F)F)CC1. The van der Waals surface area contributed by atoms with Crippen LogP contribution in [0.3, 0.4) is 0 Å². The number of nitrogens with zero attached hydrogens (tertiary/aromatic N) is 2. The maximum atomic E-state index is 12.5. The average Bonchev–Trinajstić information content (AvgIpc) is 2.86. The van der Waals surface area contributed by atoms with Gasteiger partial charge in [0, 0.05) is 19.6 Å². The van der Waals surface area contributed by atoms with Crippen LogP contribution in [0.25, 0.3) is 0 Å². The molecular formula is C12H17F3N2O3. The number of hydrogen-bond donors (Lipinski definition) is 1. The molecule has 2 saturated heterocycles. The summed E-state index contributed by atoms with van der Waals surface area (Å²) in [5.74, 6) is -2.42. The standard InChI is InChI=1S/C12H17F3N2O3/c13-12(14,15)8-3-6-16(7-4-8)11(20)17-5-1-2-9(17)10(18)19/h8-9H,1-7H2,(H,18,19)/t9-/m1/s1. The molecule has 2 heterocycles. The monoisotopic (exact) mass is 294 g/mol. The summed E-state index contributed by atoms with van der Waals surface area (Å²) in [6, 6.07) is -1.29. The molecule has 0 spiro atoms. The van der Waals surface area contributed by atoms with E-state index in [1.54, 1.807) is 0 Å². The van der Waals surface area contributed by atoms with E-state index >= 15 is 0 Å². The third kappa shape index (κ3) is 2.99. The number of hydrogen-bond acceptors (Lipinski definition) is 2. The van der Waals surface area contributed by atoms with Crippen molar-refractivity contribution in [2.24, 2.45) is 5.92 Å². The normalized spacial score (nSPS) is 25.1. The van der Waals surface area contributed by atoms with Crippen molar-refractivity contribution in [1.29, 1.82) is 0 Å². The third-order valence-electron chi connectivity index (χ3n) is 4.01. The van der Waals surface area contributed by atoms with Crippen LogP contribution in [0, 0.1) is 5.92 Å². The van der Waals surface area contributed by atoms with E-state index in [-0.39, 0.29) is 25.9 Å². The van der Waals surface area contributed by atoms with Crippen LogP contribution >= 0.6 is 0 Å². The molecule has 5 nitrogen and oxygen atoms in total. The minimum atomic E-state index is -4.22. The molecule has 0 radical (unpaired) electrons. The molecule has 2 rings (SSSR count). The van der Waals surface area contributed by atoms with Gasteiger partial charge in [-0.05, 0) is 25.7 Å². The fourth-order valence-electron chi connectivity index (χ4n) is 2.83. The molecule has 0 unspecified atom stereocenters. The van der Waals surface area contributed by atoms with Gasteiger partial charge in [-0.15, -0.1) is 0 Å². The number of alkyl halides is 3. The molecule has 0 aromatic heterocycles. The van der Waals surface area contributed by atoms with E-state index in [0.29, 0.717) is 19.4 Å². The summed E-state index contributed by atoms with van der Waals surface area (Å²) in [4.78, 5) is 25.8. The first kappa shape index (κ1) is 14.9. The van der Waals surface area contributed by atoms with E-state index in [2.05, 4.69) is 0 Å². The number of piperidine rings is 1. The second kappa shape index (κ2) is 5.49. The van der Waals surface area contributed by atoms with Crippen molar-refractivity contribution in [2.45, 2.75) is 37.9 Å². The highest BCUT2D eigenvalue weighted by Gasteiger charge is 2.43. The van der Waals surface area contributed by atoms with Crippen LogP contribution < -0.4 is 0 Å². The van der Waals surface area contributed by atoms with Gasteiger partial charge in [-0.3, -0.25) is 0 Å². The van der Waals surface area contributed by atoms with Gasteiger partial charge in [0.1, 0.15) is 6.04 Å². The van der Waals surface area contributed by atoms with Gasteiger partial charge in [-0.2, -0.15) is 13.2 Å². The van der Waals surface area contributed by atoms with Gasteiger partial charge in [-0.1, -0.05) is 0 Å². The molecule has 2 aliphatic rings. The highest BCUT2D eigenvalue weighted by Crippen LogP contribution is 2.34. The molecule has 0 aromatic rings. The van der Waals surface area contributed by atoms with Crippen LogP contribution in [0.15, 0.2) is 0 Å². The van der Waals surface area contributed by atoms with E-state index in [1.165, 1.54) is 9.80 Å². The molecule has 0 bridgehead atoms. The lowest BCUT2D eigenvalue weighted by Crippen LogP contribution is -2.51. The van der Waals surface area contributed by atoms with E-state index in [1.807, 2.05) is 0 Å². The lowest BCUT2D eigenvalue weighted by atomic mass is 9.96. The van der Waals surface area contributed by atoms with Crippen molar-refractivity contribution in [3.05, 3.63) is 0 Å². The number of carbonyl (C=O) groups is 2. The first-order valence-electron chi connectivity index (χ1n) is 6.65. The van der Waals surface area contributed by atoms with Crippen LogP contribution in [-0.4, -0.2) is 58.8 Å². The van der Waals surface area contributed by atoms with Crippen LogP contribution in [0.5, 0.6) is 0 Å². The second-order valence-electron chi connectivity index (χ2n) is 5.28. The Morgan fingerprint density at radius 2 is 1.65 bits per heavy atom. The smallest absolute Gasteiger partial charge is 0.391 e. The zero-order chi connectivity index (χ0) is 14.9. The summed E-state index contributed by atoms with van der Waals surface area (Å²) in [5.41, 5.74) is 0. The Kier molecular flexibility index (Phi) is 4.10. The summed E-state index contributed by atoms with van der Waals surface area (Å²) >= 11 is 0. The van der Waals surface area contributed by atoms with Gasteiger partial charge in [0.25, 0.3) is 0 Å². The predicted octanol–water partition coefficient (Wildman–Crippen LogP) is 1.93. The van der Waals surface area contributed by atoms with Gasteiger partial charge in [0.2, 0.25) is 0 Å². The number of carbonyl (C=O) groups excluding carboxylic acids is 1. The lowest BCUT2D eigenvalue weighted by Gasteiger charge is -2.36. The van der Waals surface area contributed by atoms with Gasteiger partial charge >= 0.3 is 18.2 Å². The largest absolute Gasteiger partial charge is 0.480 e.